The lowest BCUT2D eigenvalue weighted by Crippen LogP contribution is -2.30. The molecule has 0 aromatic heterocycles. The Labute approximate surface area is 294 Å². The summed E-state index contributed by atoms with van der Waals surface area (Å²) in [5, 5.41) is 34.3. The molecule has 0 spiro atoms. The highest BCUT2D eigenvalue weighted by Gasteiger charge is 2.27. The Morgan fingerprint density at radius 2 is 0.625 bits per heavy atom. The fourth-order valence-corrected chi connectivity index (χ4v) is 6.17. The lowest BCUT2D eigenvalue weighted by Gasteiger charge is -2.30. The molecule has 4 N–H and O–H groups in total. The predicted molar refractivity (Wildman–Crippen MR) is 199 cm³/mol. The van der Waals surface area contributed by atoms with E-state index in [1.54, 1.807) is 0 Å². The summed E-state index contributed by atoms with van der Waals surface area (Å²) in [6.45, 7) is 6.93. The number of carboxylic acid groups (broad SMARTS) is 2. The smallest absolute Gasteiger partial charge is 0.450 e. The largest absolute Gasteiger partial charge is 0.506 e. The quantitative estimate of drug-likeness (QED) is 0.160. The van der Waals surface area contributed by atoms with E-state index in [1.807, 2.05) is 0 Å². The molecule has 0 aromatic carbocycles. The average molecular weight is 685 g/mol. The first-order chi connectivity index (χ1) is 23.4. The maximum atomic E-state index is 9.49. The molecule has 48 heavy (non-hydrogen) atoms. The fraction of sp³-hybridized carbons (Fsp3) is 0.850. The molecule has 3 rings (SSSR count). The van der Waals surface area contributed by atoms with Crippen LogP contribution in [0.4, 0.5) is 9.59 Å². The summed E-state index contributed by atoms with van der Waals surface area (Å²) in [6, 6.07) is 0. The molecule has 0 radical (unpaired) electrons. The van der Waals surface area contributed by atoms with Gasteiger partial charge in [0, 0.05) is 5.41 Å². The first-order valence-corrected chi connectivity index (χ1v) is 19.5. The summed E-state index contributed by atoms with van der Waals surface area (Å²) in [5.74, 6) is 0. The van der Waals surface area contributed by atoms with E-state index in [0.717, 1.165) is 12.8 Å². The number of aliphatic hydroxyl groups excluding tert-OH is 2. The molecule has 0 amide bonds. The van der Waals surface area contributed by atoms with Crippen molar-refractivity contribution in [2.75, 3.05) is 26.4 Å². The summed E-state index contributed by atoms with van der Waals surface area (Å²) in [7, 11) is 0. The van der Waals surface area contributed by atoms with E-state index in [9.17, 15) is 19.8 Å². The molecule has 3 aliphatic rings. The minimum atomic E-state index is -1.26. The molecule has 284 valence electrons. The van der Waals surface area contributed by atoms with Crippen molar-refractivity contribution < 1.29 is 39.5 Å². The predicted octanol–water partition coefficient (Wildman–Crippen LogP) is 12.0. The second-order valence-corrected chi connectivity index (χ2v) is 13.6. The van der Waals surface area contributed by atoms with Gasteiger partial charge in [-0.15, -0.1) is 0 Å². The van der Waals surface area contributed by atoms with Gasteiger partial charge in [0.15, 0.2) is 0 Å². The molecule has 3 aliphatic carbocycles. The van der Waals surface area contributed by atoms with Gasteiger partial charge >= 0.3 is 12.3 Å². The Morgan fingerprint density at radius 3 is 0.750 bits per heavy atom. The standard InChI is InChI=1S/C12H24O2.2C10H20.2C4H6O3/c13-10-12(11-14)8-6-4-2-1-3-5-7-9-12;2*1-2-4-6-8-10-9-7-5-3-1;2*1-2-3-7-4(5)6/h13-14H,1-11H2;2*1-10H2;2*2H,1,3H2,(H,5,6). The van der Waals surface area contributed by atoms with Gasteiger partial charge in [-0.1, -0.05) is 199 Å². The number of hydrogen-bond donors (Lipinski definition) is 4. The first kappa shape index (κ1) is 48.1. The maximum absolute atomic E-state index is 9.49. The third-order valence-corrected chi connectivity index (χ3v) is 9.23. The molecule has 0 heterocycles. The van der Waals surface area contributed by atoms with Gasteiger partial charge in [0.2, 0.25) is 0 Å². The van der Waals surface area contributed by atoms with Crippen molar-refractivity contribution in [3.05, 3.63) is 25.3 Å². The van der Waals surface area contributed by atoms with Crippen molar-refractivity contribution in [3.63, 3.8) is 0 Å². The van der Waals surface area contributed by atoms with Crippen LogP contribution in [0.2, 0.25) is 0 Å². The van der Waals surface area contributed by atoms with E-state index in [4.69, 9.17) is 10.2 Å². The molecule has 3 fully saturated rings. The molecule has 0 aliphatic heterocycles. The highest BCUT2D eigenvalue weighted by atomic mass is 16.7. The molecule has 3 saturated carbocycles. The van der Waals surface area contributed by atoms with Crippen molar-refractivity contribution in [1.29, 1.82) is 0 Å². The monoisotopic (exact) mass is 685 g/mol. The second kappa shape index (κ2) is 39.4. The molecular weight excluding hydrogens is 608 g/mol. The van der Waals surface area contributed by atoms with Gasteiger partial charge in [0.05, 0.1) is 13.2 Å². The van der Waals surface area contributed by atoms with E-state index in [-0.39, 0.29) is 31.8 Å². The van der Waals surface area contributed by atoms with Crippen LogP contribution in [0.25, 0.3) is 0 Å². The van der Waals surface area contributed by atoms with Gasteiger partial charge in [-0.3, -0.25) is 0 Å². The highest BCUT2D eigenvalue weighted by molar-refractivity contribution is 5.57. The number of rotatable bonds is 6. The number of ether oxygens (including phenoxy) is 2. The molecule has 0 unspecified atom stereocenters. The normalized spacial score (nSPS) is 19.3. The Balaban J connectivity index is 0. The summed E-state index contributed by atoms with van der Waals surface area (Å²) >= 11 is 0. The van der Waals surface area contributed by atoms with Gasteiger partial charge in [-0.2, -0.15) is 0 Å². The molecule has 8 nitrogen and oxygen atoms in total. The number of hydrogen-bond acceptors (Lipinski definition) is 6. The van der Waals surface area contributed by atoms with Crippen LogP contribution in [0.3, 0.4) is 0 Å². The van der Waals surface area contributed by atoms with Crippen LogP contribution < -0.4 is 0 Å². The Bertz CT molecular complexity index is 587. The Kier molecular flexibility index (Phi) is 39.4. The van der Waals surface area contributed by atoms with Gasteiger partial charge < -0.3 is 29.9 Å². The lowest BCUT2D eigenvalue weighted by atomic mass is 9.78. The molecule has 0 saturated heterocycles. The van der Waals surface area contributed by atoms with Crippen molar-refractivity contribution in [1.82, 2.24) is 0 Å². The minimum Gasteiger partial charge on any atom is -0.450 e. The van der Waals surface area contributed by atoms with Crippen molar-refractivity contribution in [2.45, 2.75) is 186 Å². The van der Waals surface area contributed by atoms with Gasteiger partial charge in [-0.05, 0) is 12.8 Å². The summed E-state index contributed by atoms with van der Waals surface area (Å²) in [6.07, 6.45) is 41.1. The zero-order chi connectivity index (χ0) is 35.8. The number of aliphatic hydroxyl groups is 2. The van der Waals surface area contributed by atoms with E-state index in [0.29, 0.717) is 0 Å². The fourth-order valence-electron chi connectivity index (χ4n) is 6.17. The van der Waals surface area contributed by atoms with Crippen LogP contribution >= 0.6 is 0 Å². The van der Waals surface area contributed by atoms with Crippen molar-refractivity contribution in [2.24, 2.45) is 5.41 Å². The summed E-state index contributed by atoms with van der Waals surface area (Å²) < 4.78 is 7.98. The van der Waals surface area contributed by atoms with E-state index >= 15 is 0 Å². The van der Waals surface area contributed by atoms with Crippen LogP contribution in [0, 0.1) is 5.41 Å². The number of carbonyl (C=O) groups is 2. The van der Waals surface area contributed by atoms with Crippen molar-refractivity contribution in [3.8, 4) is 0 Å². The van der Waals surface area contributed by atoms with Gasteiger partial charge in [0.25, 0.3) is 0 Å². The summed E-state index contributed by atoms with van der Waals surface area (Å²) in [5.41, 5.74) is -0.169. The molecule has 8 heteroatoms. The third kappa shape index (κ3) is 38.4. The Morgan fingerprint density at radius 1 is 0.438 bits per heavy atom. The molecule has 0 atom stereocenters. The topological polar surface area (TPSA) is 134 Å². The minimum absolute atomic E-state index is 0.0648. The van der Waals surface area contributed by atoms with Crippen molar-refractivity contribution >= 4 is 12.3 Å². The van der Waals surface area contributed by atoms with Crippen LogP contribution in [0.15, 0.2) is 25.3 Å². The molecule has 0 bridgehead atoms. The molecule has 0 aromatic rings. The van der Waals surface area contributed by atoms with E-state index < -0.39 is 12.3 Å². The maximum Gasteiger partial charge on any atom is 0.506 e. The Hall–Kier alpha value is -2.06. The van der Waals surface area contributed by atoms with Crippen LogP contribution in [0.5, 0.6) is 0 Å². The van der Waals surface area contributed by atoms with Gasteiger partial charge in [-0.25, -0.2) is 9.59 Å². The van der Waals surface area contributed by atoms with Gasteiger partial charge in [0.1, 0.15) is 13.2 Å². The molecular formula is C40H76O8. The average Bonchev–Trinajstić information content (AvgIpc) is 3.11. The zero-order valence-corrected chi connectivity index (χ0v) is 30.8. The third-order valence-electron chi connectivity index (χ3n) is 9.23. The highest BCUT2D eigenvalue weighted by Crippen LogP contribution is 2.32. The second-order valence-electron chi connectivity index (χ2n) is 13.6. The summed E-state index contributed by atoms with van der Waals surface area (Å²) in [4.78, 5) is 19.0. The first-order valence-electron chi connectivity index (χ1n) is 19.5. The van der Waals surface area contributed by atoms with Crippen LogP contribution in [-0.2, 0) is 9.47 Å². The van der Waals surface area contributed by atoms with E-state index in [1.165, 1.54) is 186 Å². The lowest BCUT2D eigenvalue weighted by molar-refractivity contribution is 0.0345. The van der Waals surface area contributed by atoms with Crippen LogP contribution in [0.1, 0.15) is 186 Å². The van der Waals surface area contributed by atoms with E-state index in [2.05, 4.69) is 22.6 Å². The SMILES string of the molecule is C1CCCCCCCCC1.C1CCCCCCCCC1.C=CCOC(=O)O.C=CCOC(=O)O.OCC1(CO)CCCCCCCCC1. The van der Waals surface area contributed by atoms with Crippen LogP contribution in [-0.4, -0.2) is 59.2 Å². The zero-order valence-electron chi connectivity index (χ0n) is 30.8.